The first-order valence-electron chi connectivity index (χ1n) is 12.9. The van der Waals surface area contributed by atoms with Crippen LogP contribution in [0.25, 0.3) is 0 Å². The summed E-state index contributed by atoms with van der Waals surface area (Å²) in [5.74, 6) is -3.51. The van der Waals surface area contributed by atoms with Gasteiger partial charge in [0.15, 0.2) is 5.03 Å². The first-order valence-corrected chi connectivity index (χ1v) is 14.8. The highest BCUT2D eigenvalue weighted by Gasteiger charge is 2.31. The number of nitrogens with zero attached hydrogens (tertiary/aromatic N) is 5. The van der Waals surface area contributed by atoms with Crippen molar-refractivity contribution < 1.29 is 65.3 Å². The van der Waals surface area contributed by atoms with Gasteiger partial charge in [0, 0.05) is 19.2 Å². The second kappa shape index (κ2) is 15.3. The number of aryl methyl sites for hydroxylation is 1. The molecule has 0 atom stereocenters. The Bertz CT molecular complexity index is 2060. The minimum absolute atomic E-state index is 0.0646. The maximum Gasteiger partial charge on any atom is 0.416 e. The summed E-state index contributed by atoms with van der Waals surface area (Å²) in [7, 11) is -0.667. The molecular weight excluding hydrogens is 727 g/mol. The summed E-state index contributed by atoms with van der Waals surface area (Å²) >= 11 is 5.72. The van der Waals surface area contributed by atoms with Crippen LogP contribution in [0.4, 0.5) is 29.6 Å². The van der Waals surface area contributed by atoms with Gasteiger partial charge in [-0.15, -0.1) is 0 Å². The second-order valence-electron chi connectivity index (χ2n) is 9.11. The molecule has 0 aliphatic heterocycles. The molecule has 4 N–H and O–H groups in total. The summed E-state index contributed by atoms with van der Waals surface area (Å²) in [6.07, 6.45) is -3.73. The maximum atomic E-state index is 12.6. The van der Waals surface area contributed by atoms with Crippen LogP contribution in [0.5, 0.6) is 23.3 Å². The normalized spacial score (nSPS) is 11.0. The molecule has 0 aliphatic carbocycles. The Kier molecular flexibility index (Phi) is 11.7. The average Bonchev–Trinajstić information content (AvgIpc) is 3.44. The van der Waals surface area contributed by atoms with Crippen LogP contribution in [0.3, 0.4) is 0 Å². The summed E-state index contributed by atoms with van der Waals surface area (Å²) in [6.45, 7) is 0. The number of nitro groups is 1. The Balaban J connectivity index is 0.000000271. The van der Waals surface area contributed by atoms with Gasteiger partial charge >= 0.3 is 24.1 Å². The number of carboxylic acid groups (broad SMARTS) is 2. The van der Waals surface area contributed by atoms with Crippen molar-refractivity contribution >= 4 is 51.2 Å². The van der Waals surface area contributed by atoms with Crippen molar-refractivity contribution in [3.05, 3.63) is 80.5 Å². The van der Waals surface area contributed by atoms with Crippen molar-refractivity contribution in [2.24, 2.45) is 7.05 Å². The van der Waals surface area contributed by atoms with Crippen molar-refractivity contribution in [3.63, 3.8) is 0 Å². The number of carbonyl (C=O) groups excluding carboxylic acids is 1. The third-order valence-corrected chi connectivity index (χ3v) is 7.54. The molecule has 19 nitrogen and oxygen atoms in total. The van der Waals surface area contributed by atoms with E-state index in [2.05, 4.69) is 20.4 Å². The molecule has 4 rings (SSSR count). The van der Waals surface area contributed by atoms with Gasteiger partial charge in [0.1, 0.15) is 22.6 Å². The minimum atomic E-state index is -4.58. The molecule has 2 heterocycles. The fourth-order valence-corrected chi connectivity index (χ4v) is 5.09. The lowest BCUT2D eigenvalue weighted by Crippen LogP contribution is -2.36. The van der Waals surface area contributed by atoms with Crippen LogP contribution < -0.4 is 24.2 Å². The number of urea groups is 1. The van der Waals surface area contributed by atoms with Gasteiger partial charge in [-0.25, -0.2) is 19.1 Å². The Morgan fingerprint density at radius 2 is 1.58 bits per heavy atom. The third kappa shape index (κ3) is 9.44. The third-order valence-electron chi connectivity index (χ3n) is 5.80. The number of rotatable bonds is 10. The number of nitro benzene ring substituents is 1. The van der Waals surface area contributed by atoms with E-state index in [1.165, 1.54) is 27.3 Å². The van der Waals surface area contributed by atoms with Crippen molar-refractivity contribution in [3.8, 4) is 23.3 Å². The molecule has 0 unspecified atom stereocenters. The molecule has 24 heteroatoms. The molecule has 0 saturated carbocycles. The Labute approximate surface area is 282 Å². The van der Waals surface area contributed by atoms with Crippen LogP contribution in [0.2, 0.25) is 5.02 Å². The van der Waals surface area contributed by atoms with E-state index in [0.29, 0.717) is 6.07 Å². The molecule has 50 heavy (non-hydrogen) atoms. The standard InChI is InChI=1S/C14H7ClF3NO5.C12H14N6O7S/c15-10-5-7(14(16,17)18)1-4-12(10)24-8-2-3-11(19(22)23)9(6-8)13(20)21;1-18-9(6(5-13-18)10(19)20)26(22,23)17-12(21)16-11-14-7(24-2)4-8(15-11)25-3/h1-6H,(H,20,21);4-5H,1-3H3,(H,19,20)(H2,14,15,16,17,21). The molecule has 2 amide bonds. The maximum absolute atomic E-state index is 12.6. The number of carbonyl (C=O) groups is 3. The number of halogens is 4. The number of ether oxygens (including phenoxy) is 3. The highest BCUT2D eigenvalue weighted by Crippen LogP contribution is 2.37. The van der Waals surface area contributed by atoms with Gasteiger partial charge in [-0.2, -0.15) is 36.7 Å². The Morgan fingerprint density at radius 1 is 0.980 bits per heavy atom. The molecule has 0 saturated heterocycles. The van der Waals surface area contributed by atoms with E-state index in [9.17, 15) is 46.1 Å². The molecule has 0 fully saturated rings. The van der Waals surface area contributed by atoms with Crippen molar-refractivity contribution in [1.29, 1.82) is 0 Å². The topological polar surface area (TPSA) is 264 Å². The first-order chi connectivity index (χ1) is 23.3. The van der Waals surface area contributed by atoms with Gasteiger partial charge < -0.3 is 24.4 Å². The van der Waals surface area contributed by atoms with Crippen molar-refractivity contribution in [1.82, 2.24) is 24.5 Å². The van der Waals surface area contributed by atoms with E-state index < -0.39 is 66.5 Å². The van der Waals surface area contributed by atoms with E-state index in [4.69, 9.17) is 36.0 Å². The van der Waals surface area contributed by atoms with Crippen LogP contribution in [0.15, 0.2) is 53.7 Å². The number of anilines is 1. The second-order valence-corrected chi connectivity index (χ2v) is 11.1. The molecule has 4 aromatic rings. The monoisotopic (exact) mass is 747 g/mol. The van der Waals surface area contributed by atoms with E-state index in [1.807, 2.05) is 0 Å². The van der Waals surface area contributed by atoms with Crippen LogP contribution >= 0.6 is 11.6 Å². The molecule has 0 bridgehead atoms. The SMILES string of the molecule is COc1cc(OC)nc(NC(=O)NS(=O)(=O)c2c(C(=O)O)cnn2C)n1.O=C(O)c1cc(Oc2ccc(C(F)(F)F)cc2Cl)ccc1[N+](=O)[O-]. The molecule has 2 aromatic carbocycles. The van der Waals surface area contributed by atoms with E-state index in [0.717, 1.165) is 41.2 Å². The van der Waals surface area contributed by atoms with Crippen LogP contribution in [-0.4, -0.2) is 75.5 Å². The Hall–Kier alpha value is -6.23. The van der Waals surface area contributed by atoms with E-state index in [1.54, 1.807) is 4.72 Å². The van der Waals surface area contributed by atoms with Crippen LogP contribution in [0, 0.1) is 10.1 Å². The van der Waals surface area contributed by atoms with Crippen molar-refractivity contribution in [2.45, 2.75) is 11.2 Å². The smallest absolute Gasteiger partial charge is 0.416 e. The van der Waals surface area contributed by atoms with Crippen LogP contribution in [-0.2, 0) is 23.2 Å². The molecule has 0 radical (unpaired) electrons. The number of amides is 2. The number of hydrogen-bond acceptors (Lipinski definition) is 13. The lowest BCUT2D eigenvalue weighted by molar-refractivity contribution is -0.385. The zero-order chi connectivity index (χ0) is 37.6. The van der Waals surface area contributed by atoms with Gasteiger partial charge in [-0.3, -0.25) is 20.1 Å². The quantitative estimate of drug-likeness (QED) is 0.131. The van der Waals surface area contributed by atoms with Gasteiger partial charge in [-0.05, 0) is 24.3 Å². The summed E-state index contributed by atoms with van der Waals surface area (Å²) in [6, 6.07) is 5.38. The lowest BCUT2D eigenvalue weighted by atomic mass is 10.1. The minimum Gasteiger partial charge on any atom is -0.481 e. The van der Waals surface area contributed by atoms with E-state index >= 15 is 0 Å². The largest absolute Gasteiger partial charge is 0.481 e. The number of alkyl halides is 3. The molecular formula is C26H21ClF3N7O12S. The molecule has 2 aromatic heterocycles. The first kappa shape index (κ1) is 38.2. The number of sulfonamides is 1. The van der Waals surface area contributed by atoms with E-state index in [-0.39, 0.29) is 34.2 Å². The summed E-state index contributed by atoms with van der Waals surface area (Å²) in [5, 5.41) is 33.4. The number of nitrogens with one attached hydrogen (secondary N) is 2. The van der Waals surface area contributed by atoms with Crippen LogP contribution in [0.1, 0.15) is 26.3 Å². The zero-order valence-corrected chi connectivity index (χ0v) is 26.8. The number of methoxy groups -OCH3 is 2. The fourth-order valence-electron chi connectivity index (χ4n) is 3.65. The lowest BCUT2D eigenvalue weighted by Gasteiger charge is -2.11. The molecule has 266 valence electrons. The van der Waals surface area contributed by atoms with Gasteiger partial charge in [0.25, 0.3) is 15.7 Å². The number of hydrogen-bond donors (Lipinski definition) is 4. The molecule has 0 spiro atoms. The number of aromatic nitrogens is 4. The zero-order valence-electron chi connectivity index (χ0n) is 25.3. The van der Waals surface area contributed by atoms with Gasteiger partial charge in [0.05, 0.1) is 42.0 Å². The average molecular weight is 748 g/mol. The summed E-state index contributed by atoms with van der Waals surface area (Å²) < 4.78 is 79.8. The fraction of sp³-hybridized carbons (Fsp3) is 0.154. The predicted octanol–water partition coefficient (Wildman–Crippen LogP) is 4.19. The Morgan fingerprint density at radius 3 is 2.08 bits per heavy atom. The predicted molar refractivity (Wildman–Crippen MR) is 161 cm³/mol. The molecule has 0 aliphatic rings. The van der Waals surface area contributed by atoms with Crippen molar-refractivity contribution in [2.75, 3.05) is 19.5 Å². The van der Waals surface area contributed by atoms with Gasteiger partial charge in [0.2, 0.25) is 17.7 Å². The highest BCUT2D eigenvalue weighted by atomic mass is 35.5. The van der Waals surface area contributed by atoms with Gasteiger partial charge in [-0.1, -0.05) is 11.6 Å². The summed E-state index contributed by atoms with van der Waals surface area (Å²) in [5.41, 5.74) is -2.84. The number of benzene rings is 2. The number of carboxylic acids is 2. The number of aromatic carboxylic acids is 2. The highest BCUT2D eigenvalue weighted by molar-refractivity contribution is 7.90. The summed E-state index contributed by atoms with van der Waals surface area (Å²) in [4.78, 5) is 51.6.